The second kappa shape index (κ2) is 9.44. The highest BCUT2D eigenvalue weighted by atomic mass is 19.1. The molecule has 1 N–H and O–H groups in total. The fourth-order valence-corrected chi connectivity index (χ4v) is 3.61. The van der Waals surface area contributed by atoms with Crippen LogP contribution < -0.4 is 5.32 Å². The largest absolute Gasteiger partial charge is 0.342 e. The standard InChI is InChI=1S/C22H26FN3O2/c1-16-13-18(23)8-9-20(16)25-21(27)10-7-17-5-4-12-26(15-17)22(28)14-19-6-2-3-11-24-19/h2-3,6,8-9,11,13,17H,4-5,7,10,12,14-15H2,1H3,(H,25,27)/t17-/m1/s1. The van der Waals surface area contributed by atoms with E-state index in [9.17, 15) is 14.0 Å². The Labute approximate surface area is 165 Å². The van der Waals surface area contributed by atoms with E-state index in [1.54, 1.807) is 19.2 Å². The van der Waals surface area contributed by atoms with E-state index in [0.717, 1.165) is 31.5 Å². The molecule has 2 heterocycles. The number of hydrogen-bond donors (Lipinski definition) is 1. The highest BCUT2D eigenvalue weighted by Gasteiger charge is 2.24. The second-order valence-corrected chi connectivity index (χ2v) is 7.39. The van der Waals surface area contributed by atoms with Gasteiger partial charge < -0.3 is 10.2 Å². The van der Waals surface area contributed by atoms with E-state index in [-0.39, 0.29) is 17.6 Å². The summed E-state index contributed by atoms with van der Waals surface area (Å²) >= 11 is 0. The normalized spacial score (nSPS) is 16.6. The van der Waals surface area contributed by atoms with Crippen molar-refractivity contribution in [2.24, 2.45) is 5.92 Å². The number of amides is 2. The molecular weight excluding hydrogens is 357 g/mol. The SMILES string of the molecule is Cc1cc(F)ccc1NC(=O)CC[C@H]1CCCN(C(=O)Cc2ccccn2)C1. The van der Waals surface area contributed by atoms with E-state index in [1.165, 1.54) is 12.1 Å². The Morgan fingerprint density at radius 1 is 1.29 bits per heavy atom. The predicted octanol–water partition coefficient (Wildman–Crippen LogP) is 3.73. The average Bonchev–Trinajstić information content (AvgIpc) is 2.69. The predicted molar refractivity (Wildman–Crippen MR) is 106 cm³/mol. The van der Waals surface area contributed by atoms with Gasteiger partial charge in [-0.05, 0) is 68.0 Å². The van der Waals surface area contributed by atoms with E-state index < -0.39 is 0 Å². The lowest BCUT2D eigenvalue weighted by Crippen LogP contribution is -2.41. The minimum Gasteiger partial charge on any atom is -0.342 e. The molecule has 0 radical (unpaired) electrons. The number of rotatable bonds is 6. The molecule has 148 valence electrons. The van der Waals surface area contributed by atoms with E-state index in [2.05, 4.69) is 10.3 Å². The Balaban J connectivity index is 1.46. The zero-order valence-electron chi connectivity index (χ0n) is 16.2. The molecule has 2 amide bonds. The lowest BCUT2D eigenvalue weighted by Gasteiger charge is -2.32. The molecule has 0 bridgehead atoms. The summed E-state index contributed by atoms with van der Waals surface area (Å²) in [7, 11) is 0. The average molecular weight is 383 g/mol. The van der Waals surface area contributed by atoms with Gasteiger partial charge in [0.25, 0.3) is 0 Å². The number of anilines is 1. The number of halogens is 1. The van der Waals surface area contributed by atoms with Gasteiger partial charge in [0.2, 0.25) is 11.8 Å². The van der Waals surface area contributed by atoms with Crippen LogP contribution in [0.2, 0.25) is 0 Å². The molecule has 5 nitrogen and oxygen atoms in total. The molecule has 1 fully saturated rings. The van der Waals surface area contributed by atoms with Gasteiger partial charge in [0, 0.05) is 37.1 Å². The first kappa shape index (κ1) is 20.0. The summed E-state index contributed by atoms with van der Waals surface area (Å²) < 4.78 is 13.2. The first-order valence-electron chi connectivity index (χ1n) is 9.75. The number of nitrogens with one attached hydrogen (secondary N) is 1. The van der Waals surface area contributed by atoms with Gasteiger partial charge >= 0.3 is 0 Å². The first-order valence-corrected chi connectivity index (χ1v) is 9.75. The molecule has 1 aliphatic heterocycles. The van der Waals surface area contributed by atoms with Gasteiger partial charge in [-0.25, -0.2) is 4.39 Å². The quantitative estimate of drug-likeness (QED) is 0.827. The van der Waals surface area contributed by atoms with Crippen molar-refractivity contribution in [1.29, 1.82) is 0 Å². The number of aryl methyl sites for hydroxylation is 1. The lowest BCUT2D eigenvalue weighted by atomic mass is 9.93. The van der Waals surface area contributed by atoms with Crippen molar-refractivity contribution in [2.75, 3.05) is 18.4 Å². The van der Waals surface area contributed by atoms with Crippen LogP contribution in [-0.4, -0.2) is 34.8 Å². The number of carbonyl (C=O) groups excluding carboxylic acids is 2. The first-order chi connectivity index (χ1) is 13.5. The second-order valence-electron chi connectivity index (χ2n) is 7.39. The third kappa shape index (κ3) is 5.62. The van der Waals surface area contributed by atoms with Crippen LogP contribution in [0.3, 0.4) is 0 Å². The maximum Gasteiger partial charge on any atom is 0.228 e. The third-order valence-electron chi connectivity index (χ3n) is 5.17. The van der Waals surface area contributed by atoms with Crippen molar-refractivity contribution in [3.05, 3.63) is 59.7 Å². The van der Waals surface area contributed by atoms with Crippen LogP contribution >= 0.6 is 0 Å². The maximum absolute atomic E-state index is 13.2. The van der Waals surface area contributed by atoms with Gasteiger partial charge in [-0.1, -0.05) is 6.07 Å². The van der Waals surface area contributed by atoms with Gasteiger partial charge in [0.15, 0.2) is 0 Å². The van der Waals surface area contributed by atoms with Gasteiger partial charge in [-0.15, -0.1) is 0 Å². The minimum atomic E-state index is -0.312. The number of nitrogens with zero attached hydrogens (tertiary/aromatic N) is 2. The molecule has 1 aliphatic rings. The number of benzene rings is 1. The summed E-state index contributed by atoms with van der Waals surface area (Å²) in [5, 5.41) is 2.85. The van der Waals surface area contributed by atoms with Crippen LogP contribution in [0.5, 0.6) is 0 Å². The summed E-state index contributed by atoms with van der Waals surface area (Å²) in [5.74, 6) is 0.0242. The van der Waals surface area contributed by atoms with Crippen LogP contribution in [0.15, 0.2) is 42.6 Å². The number of pyridine rings is 1. The number of hydrogen-bond acceptors (Lipinski definition) is 3. The summed E-state index contributed by atoms with van der Waals surface area (Å²) in [6, 6.07) is 9.92. The zero-order valence-corrected chi connectivity index (χ0v) is 16.2. The monoisotopic (exact) mass is 383 g/mol. The molecule has 2 aromatic rings. The van der Waals surface area contributed by atoms with Crippen molar-refractivity contribution >= 4 is 17.5 Å². The Morgan fingerprint density at radius 2 is 2.14 bits per heavy atom. The molecule has 3 rings (SSSR count). The van der Waals surface area contributed by atoms with Gasteiger partial charge in [-0.2, -0.15) is 0 Å². The molecule has 1 atom stereocenters. The number of piperidine rings is 1. The van der Waals surface area contributed by atoms with Crippen molar-refractivity contribution < 1.29 is 14.0 Å². The fourth-order valence-electron chi connectivity index (χ4n) is 3.61. The van der Waals surface area contributed by atoms with E-state index in [4.69, 9.17) is 0 Å². The Hall–Kier alpha value is -2.76. The molecule has 0 unspecified atom stereocenters. The molecule has 6 heteroatoms. The lowest BCUT2D eigenvalue weighted by molar-refractivity contribution is -0.132. The van der Waals surface area contributed by atoms with Gasteiger partial charge in [0.1, 0.15) is 5.82 Å². The van der Waals surface area contributed by atoms with Gasteiger partial charge in [-0.3, -0.25) is 14.6 Å². The molecule has 28 heavy (non-hydrogen) atoms. The highest BCUT2D eigenvalue weighted by molar-refractivity contribution is 5.91. The molecule has 1 saturated heterocycles. The summed E-state index contributed by atoms with van der Waals surface area (Å²) in [6.07, 6.45) is 5.12. The minimum absolute atomic E-state index is 0.0772. The molecule has 0 saturated carbocycles. The van der Waals surface area contributed by atoms with E-state index in [0.29, 0.717) is 36.6 Å². The molecule has 1 aromatic carbocycles. The smallest absolute Gasteiger partial charge is 0.228 e. The zero-order chi connectivity index (χ0) is 19.9. The molecule has 0 spiro atoms. The van der Waals surface area contributed by atoms with Crippen LogP contribution in [0.25, 0.3) is 0 Å². The van der Waals surface area contributed by atoms with Crippen LogP contribution in [-0.2, 0) is 16.0 Å². The molecule has 0 aliphatic carbocycles. The van der Waals surface area contributed by atoms with Gasteiger partial charge in [0.05, 0.1) is 6.42 Å². The summed E-state index contributed by atoms with van der Waals surface area (Å²) in [5.41, 5.74) is 2.13. The van der Waals surface area contributed by atoms with E-state index >= 15 is 0 Å². The Morgan fingerprint density at radius 3 is 2.89 bits per heavy atom. The van der Waals surface area contributed by atoms with Crippen molar-refractivity contribution in [1.82, 2.24) is 9.88 Å². The van der Waals surface area contributed by atoms with Crippen molar-refractivity contribution in [3.63, 3.8) is 0 Å². The topological polar surface area (TPSA) is 62.3 Å². The third-order valence-corrected chi connectivity index (χ3v) is 5.17. The molecular formula is C22H26FN3O2. The Bertz CT molecular complexity index is 826. The number of carbonyl (C=O) groups is 2. The maximum atomic E-state index is 13.2. The van der Waals surface area contributed by atoms with E-state index in [1.807, 2.05) is 23.1 Å². The Kier molecular flexibility index (Phi) is 6.74. The van der Waals surface area contributed by atoms with Crippen molar-refractivity contribution in [2.45, 2.75) is 39.0 Å². The fraction of sp³-hybridized carbons (Fsp3) is 0.409. The van der Waals surface area contributed by atoms with Crippen LogP contribution in [0.4, 0.5) is 10.1 Å². The summed E-state index contributed by atoms with van der Waals surface area (Å²) in [4.78, 5) is 30.9. The van der Waals surface area contributed by atoms with Crippen LogP contribution in [0, 0.1) is 18.7 Å². The van der Waals surface area contributed by atoms with Crippen LogP contribution in [0.1, 0.15) is 36.9 Å². The number of aromatic nitrogens is 1. The number of likely N-dealkylation sites (tertiary alicyclic amines) is 1. The summed E-state index contributed by atoms with van der Waals surface area (Å²) in [6.45, 7) is 3.22. The van der Waals surface area contributed by atoms with Crippen molar-refractivity contribution in [3.8, 4) is 0 Å². The highest BCUT2D eigenvalue weighted by Crippen LogP contribution is 2.22. The molecule has 1 aromatic heterocycles.